The highest BCUT2D eigenvalue weighted by atomic mass is 16.5. The molecule has 29 heavy (non-hydrogen) atoms. The number of piperidine rings is 1. The quantitative estimate of drug-likeness (QED) is 0.530. The van der Waals surface area contributed by atoms with Crippen molar-refractivity contribution in [3.63, 3.8) is 0 Å². The summed E-state index contributed by atoms with van der Waals surface area (Å²) in [5, 5.41) is 6.80. The zero-order valence-electron chi connectivity index (χ0n) is 17.8. The van der Waals surface area contributed by atoms with Gasteiger partial charge in [-0.15, -0.1) is 0 Å². The number of likely N-dealkylation sites (tertiary alicyclic amines) is 1. The van der Waals surface area contributed by atoms with Gasteiger partial charge < -0.3 is 15.4 Å². The van der Waals surface area contributed by atoms with Crippen molar-refractivity contribution in [3.05, 3.63) is 70.8 Å². The molecule has 0 bridgehead atoms. The Labute approximate surface area is 175 Å². The maximum absolute atomic E-state index is 5.29. The highest BCUT2D eigenvalue weighted by molar-refractivity contribution is 5.79. The molecule has 1 aliphatic heterocycles. The summed E-state index contributed by atoms with van der Waals surface area (Å²) in [5.41, 5.74) is 5.07. The minimum atomic E-state index is 0.619. The first kappa shape index (κ1) is 21.3. The van der Waals surface area contributed by atoms with Gasteiger partial charge in [0.05, 0.1) is 6.61 Å². The molecule has 5 heteroatoms. The van der Waals surface area contributed by atoms with Crippen LogP contribution in [0.25, 0.3) is 0 Å². The van der Waals surface area contributed by atoms with E-state index < -0.39 is 0 Å². The average molecular weight is 395 g/mol. The Morgan fingerprint density at radius 1 is 0.897 bits per heavy atom. The third-order valence-corrected chi connectivity index (χ3v) is 5.43. The van der Waals surface area contributed by atoms with Gasteiger partial charge in [-0.3, -0.25) is 9.89 Å². The standard InChI is InChI=1S/C24H34N4O/c1-25-24(27-17-22-8-4-5-9-23(22)19-29-2)26-16-20-10-12-21(13-11-20)18-28-14-6-3-7-15-28/h4-5,8-13H,3,6-7,14-19H2,1-2H3,(H2,25,26,27). The van der Waals surface area contributed by atoms with Crippen LogP contribution in [0.5, 0.6) is 0 Å². The van der Waals surface area contributed by atoms with Crippen molar-refractivity contribution in [3.8, 4) is 0 Å². The fraction of sp³-hybridized carbons (Fsp3) is 0.458. The van der Waals surface area contributed by atoms with E-state index in [1.807, 2.05) is 6.07 Å². The summed E-state index contributed by atoms with van der Waals surface area (Å²) in [6.45, 7) is 5.63. The van der Waals surface area contributed by atoms with Crippen LogP contribution in [0.1, 0.15) is 41.5 Å². The van der Waals surface area contributed by atoms with E-state index in [1.165, 1.54) is 54.6 Å². The minimum Gasteiger partial charge on any atom is -0.380 e. The number of aliphatic imine (C=N–C) groups is 1. The van der Waals surface area contributed by atoms with Crippen molar-refractivity contribution in [2.24, 2.45) is 4.99 Å². The Morgan fingerprint density at radius 3 is 2.24 bits per heavy atom. The molecule has 0 radical (unpaired) electrons. The monoisotopic (exact) mass is 394 g/mol. The molecule has 1 fully saturated rings. The normalized spacial score (nSPS) is 15.3. The number of methoxy groups -OCH3 is 1. The second-order valence-electron chi connectivity index (χ2n) is 7.63. The van der Waals surface area contributed by atoms with E-state index in [-0.39, 0.29) is 0 Å². The number of benzene rings is 2. The van der Waals surface area contributed by atoms with Crippen LogP contribution in [-0.2, 0) is 31.0 Å². The van der Waals surface area contributed by atoms with Crippen LogP contribution in [0, 0.1) is 0 Å². The van der Waals surface area contributed by atoms with E-state index in [9.17, 15) is 0 Å². The van der Waals surface area contributed by atoms with Gasteiger partial charge in [0, 0.05) is 33.8 Å². The fourth-order valence-electron chi connectivity index (χ4n) is 3.75. The van der Waals surface area contributed by atoms with E-state index in [1.54, 1.807) is 14.2 Å². The van der Waals surface area contributed by atoms with E-state index in [0.29, 0.717) is 13.2 Å². The Kier molecular flexibility index (Phi) is 8.53. The zero-order valence-corrected chi connectivity index (χ0v) is 17.8. The second kappa shape index (κ2) is 11.6. The summed E-state index contributed by atoms with van der Waals surface area (Å²) in [5.74, 6) is 0.801. The van der Waals surface area contributed by atoms with Gasteiger partial charge in [-0.1, -0.05) is 55.0 Å². The second-order valence-corrected chi connectivity index (χ2v) is 7.63. The lowest BCUT2D eigenvalue weighted by atomic mass is 10.1. The first-order chi connectivity index (χ1) is 14.3. The molecule has 1 aliphatic rings. The Hall–Kier alpha value is -2.37. The third kappa shape index (κ3) is 6.87. The molecule has 2 N–H and O–H groups in total. The van der Waals surface area contributed by atoms with Crippen LogP contribution >= 0.6 is 0 Å². The summed E-state index contributed by atoms with van der Waals surface area (Å²) in [6, 6.07) is 17.3. The first-order valence-electron chi connectivity index (χ1n) is 10.6. The molecule has 0 aromatic heterocycles. The van der Waals surface area contributed by atoms with Crippen LogP contribution in [0.2, 0.25) is 0 Å². The molecule has 2 aromatic rings. The molecule has 0 atom stereocenters. The van der Waals surface area contributed by atoms with Gasteiger partial charge >= 0.3 is 0 Å². The summed E-state index contributed by atoms with van der Waals surface area (Å²) in [7, 11) is 3.53. The van der Waals surface area contributed by atoms with Gasteiger partial charge in [-0.05, 0) is 48.2 Å². The van der Waals surface area contributed by atoms with Crippen LogP contribution in [0.4, 0.5) is 0 Å². The molecular weight excluding hydrogens is 360 g/mol. The Morgan fingerprint density at radius 2 is 1.55 bits per heavy atom. The lowest BCUT2D eigenvalue weighted by Crippen LogP contribution is -2.36. The van der Waals surface area contributed by atoms with Gasteiger partial charge in [-0.25, -0.2) is 0 Å². The molecule has 2 aromatic carbocycles. The summed E-state index contributed by atoms with van der Waals surface area (Å²) < 4.78 is 5.29. The largest absolute Gasteiger partial charge is 0.380 e. The van der Waals surface area contributed by atoms with Crippen LogP contribution in [-0.4, -0.2) is 38.1 Å². The topological polar surface area (TPSA) is 48.9 Å². The average Bonchev–Trinajstić information content (AvgIpc) is 2.77. The lowest BCUT2D eigenvalue weighted by molar-refractivity contribution is 0.184. The zero-order chi connectivity index (χ0) is 20.3. The van der Waals surface area contributed by atoms with E-state index in [2.05, 4.69) is 63.0 Å². The number of nitrogens with zero attached hydrogens (tertiary/aromatic N) is 2. The number of nitrogens with one attached hydrogen (secondary N) is 2. The van der Waals surface area contributed by atoms with Crippen molar-refractivity contribution in [1.29, 1.82) is 0 Å². The maximum atomic E-state index is 5.29. The molecule has 0 unspecified atom stereocenters. The number of rotatable bonds is 8. The minimum absolute atomic E-state index is 0.619. The molecular formula is C24H34N4O. The molecule has 156 valence electrons. The van der Waals surface area contributed by atoms with E-state index >= 15 is 0 Å². The first-order valence-corrected chi connectivity index (χ1v) is 10.6. The number of guanidine groups is 1. The van der Waals surface area contributed by atoms with Gasteiger partial charge in [0.25, 0.3) is 0 Å². The molecule has 1 heterocycles. The van der Waals surface area contributed by atoms with E-state index in [4.69, 9.17) is 4.74 Å². The van der Waals surface area contributed by atoms with Gasteiger partial charge in [0.15, 0.2) is 5.96 Å². The summed E-state index contributed by atoms with van der Waals surface area (Å²) in [4.78, 5) is 6.90. The summed E-state index contributed by atoms with van der Waals surface area (Å²) >= 11 is 0. The summed E-state index contributed by atoms with van der Waals surface area (Å²) in [6.07, 6.45) is 4.06. The fourth-order valence-corrected chi connectivity index (χ4v) is 3.75. The molecule has 0 spiro atoms. The number of ether oxygens (including phenoxy) is 1. The Balaban J connectivity index is 1.46. The molecule has 0 aliphatic carbocycles. The van der Waals surface area contributed by atoms with Crippen LogP contribution in [0.15, 0.2) is 53.5 Å². The van der Waals surface area contributed by atoms with Gasteiger partial charge in [0.1, 0.15) is 0 Å². The highest BCUT2D eigenvalue weighted by Gasteiger charge is 2.10. The third-order valence-electron chi connectivity index (χ3n) is 5.43. The van der Waals surface area contributed by atoms with Gasteiger partial charge in [0.2, 0.25) is 0 Å². The molecule has 3 rings (SSSR count). The SMILES string of the molecule is CN=C(NCc1ccc(CN2CCCCC2)cc1)NCc1ccccc1COC. The molecule has 1 saturated heterocycles. The smallest absolute Gasteiger partial charge is 0.191 e. The van der Waals surface area contributed by atoms with Crippen LogP contribution in [0.3, 0.4) is 0 Å². The molecule has 0 amide bonds. The van der Waals surface area contributed by atoms with Gasteiger partial charge in [-0.2, -0.15) is 0 Å². The predicted molar refractivity (Wildman–Crippen MR) is 120 cm³/mol. The van der Waals surface area contributed by atoms with Crippen molar-refractivity contribution >= 4 is 5.96 Å². The highest BCUT2D eigenvalue weighted by Crippen LogP contribution is 2.14. The number of hydrogen-bond donors (Lipinski definition) is 2. The van der Waals surface area contributed by atoms with Crippen molar-refractivity contribution in [2.45, 2.75) is 45.5 Å². The Bertz CT molecular complexity index is 767. The molecule has 0 saturated carbocycles. The van der Waals surface area contributed by atoms with Crippen molar-refractivity contribution < 1.29 is 4.74 Å². The van der Waals surface area contributed by atoms with Crippen molar-refractivity contribution in [1.82, 2.24) is 15.5 Å². The van der Waals surface area contributed by atoms with Crippen molar-refractivity contribution in [2.75, 3.05) is 27.2 Å². The number of hydrogen-bond acceptors (Lipinski definition) is 3. The van der Waals surface area contributed by atoms with E-state index in [0.717, 1.165) is 19.0 Å². The van der Waals surface area contributed by atoms with Crippen LogP contribution < -0.4 is 10.6 Å². The maximum Gasteiger partial charge on any atom is 0.191 e. The lowest BCUT2D eigenvalue weighted by Gasteiger charge is -2.26. The predicted octanol–water partition coefficient (Wildman–Crippen LogP) is 3.68. The molecule has 5 nitrogen and oxygen atoms in total.